The van der Waals surface area contributed by atoms with Crippen molar-refractivity contribution in [3.8, 4) is 16.9 Å². The fourth-order valence-corrected chi connectivity index (χ4v) is 3.45. The van der Waals surface area contributed by atoms with Crippen LogP contribution >= 0.6 is 0 Å². The lowest BCUT2D eigenvalue weighted by atomic mass is 10.0. The summed E-state index contributed by atoms with van der Waals surface area (Å²) in [6, 6.07) is 18.2. The summed E-state index contributed by atoms with van der Waals surface area (Å²) in [6.45, 7) is 2.84. The van der Waals surface area contributed by atoms with Crippen molar-refractivity contribution in [1.29, 1.82) is 0 Å². The number of unbranched alkanes of at least 4 members (excludes halogenated alkanes) is 1. The van der Waals surface area contributed by atoms with Crippen LogP contribution in [0.5, 0.6) is 5.75 Å². The number of allylic oxidation sites excluding steroid dienone is 2. The number of hydrogen-bond donors (Lipinski definition) is 0. The van der Waals surface area contributed by atoms with Crippen molar-refractivity contribution in [2.45, 2.75) is 38.8 Å². The van der Waals surface area contributed by atoms with Gasteiger partial charge in [-0.25, -0.2) is 8.78 Å². The van der Waals surface area contributed by atoms with Crippen LogP contribution < -0.4 is 4.74 Å². The van der Waals surface area contributed by atoms with E-state index in [2.05, 4.69) is 6.92 Å². The number of rotatable bonds is 10. The first kappa shape index (κ1) is 26.2. The summed E-state index contributed by atoms with van der Waals surface area (Å²) in [5, 5.41) is 0. The van der Waals surface area contributed by atoms with E-state index in [1.807, 2.05) is 48.5 Å². The molecule has 0 aliphatic rings. The zero-order valence-corrected chi connectivity index (χ0v) is 19.4. The molecule has 3 aromatic rings. The fraction of sp³-hybridized carbons (Fsp3) is 0.241. The minimum atomic E-state index is -4.64. The summed E-state index contributed by atoms with van der Waals surface area (Å²) in [5.41, 5.74) is 2.84. The fourth-order valence-electron chi connectivity index (χ4n) is 3.45. The molecule has 0 radical (unpaired) electrons. The molecule has 0 bridgehead atoms. The summed E-state index contributed by atoms with van der Waals surface area (Å²) in [6.07, 6.45) is 2.42. The highest BCUT2D eigenvalue weighted by molar-refractivity contribution is 5.64. The molecular formula is C29H27F5O. The van der Waals surface area contributed by atoms with Crippen LogP contribution in [0.3, 0.4) is 0 Å². The second-order valence-electron chi connectivity index (χ2n) is 8.14. The second-order valence-corrected chi connectivity index (χ2v) is 8.14. The molecule has 0 aromatic heterocycles. The monoisotopic (exact) mass is 486 g/mol. The van der Waals surface area contributed by atoms with E-state index in [-0.39, 0.29) is 11.6 Å². The second kappa shape index (κ2) is 12.3. The highest BCUT2D eigenvalue weighted by Gasteiger charge is 2.22. The predicted molar refractivity (Wildman–Crippen MR) is 131 cm³/mol. The molecule has 0 saturated heterocycles. The topological polar surface area (TPSA) is 9.23 Å². The van der Waals surface area contributed by atoms with Crippen LogP contribution in [0, 0.1) is 11.6 Å². The molecular weight excluding hydrogens is 459 g/mol. The molecule has 0 N–H and O–H groups in total. The van der Waals surface area contributed by atoms with Gasteiger partial charge in [0.05, 0.1) is 6.61 Å². The first-order valence-electron chi connectivity index (χ1n) is 11.5. The van der Waals surface area contributed by atoms with Gasteiger partial charge in [0.15, 0.2) is 0 Å². The summed E-state index contributed by atoms with van der Waals surface area (Å²) in [5.74, 6) is -1.22. The van der Waals surface area contributed by atoms with Crippen molar-refractivity contribution in [3.05, 3.63) is 101 Å². The maximum absolute atomic E-state index is 14.0. The average molecular weight is 487 g/mol. The van der Waals surface area contributed by atoms with Gasteiger partial charge >= 0.3 is 6.18 Å². The zero-order chi connectivity index (χ0) is 25.3. The maximum Gasteiger partial charge on any atom is 0.409 e. The molecule has 3 rings (SSSR count). The van der Waals surface area contributed by atoms with E-state index in [9.17, 15) is 22.0 Å². The maximum atomic E-state index is 14.0. The number of benzene rings is 3. The first-order chi connectivity index (χ1) is 16.7. The standard InChI is InChI=1S/C29H27F5O/c1-2-3-18-35-25-14-12-24(13-15-25)23-10-8-21(9-11-23)6-4-5-7-22-19-27(30)26(28(31)20-22)16-17-29(32,33)34/h5,7-17,19-20H,2-4,6,18H2,1H3. The Hall–Kier alpha value is -3.41. The predicted octanol–water partition coefficient (Wildman–Crippen LogP) is 9.03. The van der Waals surface area contributed by atoms with Crippen LogP contribution in [0.2, 0.25) is 0 Å². The van der Waals surface area contributed by atoms with Gasteiger partial charge in [0.25, 0.3) is 0 Å². The molecule has 0 aliphatic carbocycles. The third-order valence-electron chi connectivity index (χ3n) is 5.36. The third kappa shape index (κ3) is 8.39. The molecule has 0 heterocycles. The Morgan fingerprint density at radius 3 is 2.00 bits per heavy atom. The van der Waals surface area contributed by atoms with Crippen LogP contribution in [0.4, 0.5) is 22.0 Å². The quantitative estimate of drug-likeness (QED) is 0.205. The number of ether oxygens (including phenoxy) is 1. The van der Waals surface area contributed by atoms with Crippen molar-refractivity contribution >= 4 is 12.2 Å². The van der Waals surface area contributed by atoms with E-state index in [1.165, 1.54) is 0 Å². The van der Waals surface area contributed by atoms with Crippen LogP contribution in [0.25, 0.3) is 23.3 Å². The lowest BCUT2D eigenvalue weighted by Gasteiger charge is -2.07. The van der Waals surface area contributed by atoms with E-state index >= 15 is 0 Å². The van der Waals surface area contributed by atoms with Gasteiger partial charge in [-0.2, -0.15) is 13.2 Å². The van der Waals surface area contributed by atoms with Crippen molar-refractivity contribution in [3.63, 3.8) is 0 Å². The Morgan fingerprint density at radius 2 is 1.43 bits per heavy atom. The van der Waals surface area contributed by atoms with E-state index in [4.69, 9.17) is 4.74 Å². The molecule has 1 nitrogen and oxygen atoms in total. The van der Waals surface area contributed by atoms with Crippen LogP contribution in [0.1, 0.15) is 42.9 Å². The van der Waals surface area contributed by atoms with Gasteiger partial charge in [0.2, 0.25) is 0 Å². The summed E-state index contributed by atoms with van der Waals surface area (Å²) in [7, 11) is 0. The van der Waals surface area contributed by atoms with Gasteiger partial charge in [-0.05, 0) is 71.9 Å². The molecule has 3 aromatic carbocycles. The number of aryl methyl sites for hydroxylation is 1. The highest BCUT2D eigenvalue weighted by Crippen LogP contribution is 2.24. The Morgan fingerprint density at radius 1 is 0.829 bits per heavy atom. The number of halogens is 5. The third-order valence-corrected chi connectivity index (χ3v) is 5.36. The van der Waals surface area contributed by atoms with Gasteiger partial charge in [0, 0.05) is 11.6 Å². The van der Waals surface area contributed by atoms with Gasteiger partial charge < -0.3 is 4.74 Å². The highest BCUT2D eigenvalue weighted by atomic mass is 19.4. The lowest BCUT2D eigenvalue weighted by molar-refractivity contribution is -0.0790. The Bertz CT molecular complexity index is 1120. The Balaban J connectivity index is 1.54. The molecule has 35 heavy (non-hydrogen) atoms. The minimum absolute atomic E-state index is 0.187. The van der Waals surface area contributed by atoms with Crippen LogP contribution in [0.15, 0.2) is 72.8 Å². The summed E-state index contributed by atoms with van der Waals surface area (Å²) in [4.78, 5) is 0. The van der Waals surface area contributed by atoms with Gasteiger partial charge in [-0.3, -0.25) is 0 Å². The molecule has 184 valence electrons. The van der Waals surface area contributed by atoms with Crippen molar-refractivity contribution in [2.75, 3.05) is 6.61 Å². The van der Waals surface area contributed by atoms with Crippen LogP contribution in [-0.2, 0) is 6.42 Å². The molecule has 0 unspecified atom stereocenters. The SMILES string of the molecule is CCCCOc1ccc(-c2ccc(CCC=Cc3cc(F)c(C=CC(F)(F)F)c(F)c3)cc2)cc1. The van der Waals surface area contributed by atoms with Crippen molar-refractivity contribution in [1.82, 2.24) is 0 Å². The van der Waals surface area contributed by atoms with Crippen molar-refractivity contribution in [2.24, 2.45) is 0 Å². The van der Waals surface area contributed by atoms with E-state index in [1.54, 1.807) is 12.2 Å². The molecule has 0 amide bonds. The first-order valence-corrected chi connectivity index (χ1v) is 11.5. The zero-order valence-electron chi connectivity index (χ0n) is 19.4. The summed E-state index contributed by atoms with van der Waals surface area (Å²) < 4.78 is 70.5. The van der Waals surface area contributed by atoms with Crippen LogP contribution in [-0.4, -0.2) is 12.8 Å². The number of alkyl halides is 3. The van der Waals surface area contributed by atoms with Gasteiger partial charge in [0.1, 0.15) is 17.4 Å². The Kier molecular flexibility index (Phi) is 9.24. The number of hydrogen-bond acceptors (Lipinski definition) is 1. The lowest BCUT2D eigenvalue weighted by Crippen LogP contribution is -2.01. The van der Waals surface area contributed by atoms with Crippen molar-refractivity contribution < 1.29 is 26.7 Å². The van der Waals surface area contributed by atoms with Gasteiger partial charge in [-0.1, -0.05) is 61.9 Å². The van der Waals surface area contributed by atoms with E-state index < -0.39 is 23.4 Å². The van der Waals surface area contributed by atoms with E-state index in [0.29, 0.717) is 19.1 Å². The smallest absolute Gasteiger partial charge is 0.409 e. The van der Waals surface area contributed by atoms with Gasteiger partial charge in [-0.15, -0.1) is 0 Å². The normalized spacial score (nSPS) is 12.1. The molecule has 0 fully saturated rings. The average Bonchev–Trinajstić information content (AvgIpc) is 2.82. The molecule has 0 atom stereocenters. The van der Waals surface area contributed by atoms with E-state index in [0.717, 1.165) is 53.8 Å². The molecule has 0 saturated carbocycles. The molecule has 6 heteroatoms. The Labute approximate surface area is 202 Å². The molecule has 0 aliphatic heterocycles. The summed E-state index contributed by atoms with van der Waals surface area (Å²) >= 11 is 0. The largest absolute Gasteiger partial charge is 0.494 e. The minimum Gasteiger partial charge on any atom is -0.494 e. The molecule has 0 spiro atoms.